The Balaban J connectivity index is 2.01. The van der Waals surface area contributed by atoms with Gasteiger partial charge in [0.05, 0.1) is 6.61 Å². The lowest BCUT2D eigenvalue weighted by Crippen LogP contribution is -2.59. The van der Waals surface area contributed by atoms with Gasteiger partial charge in [0.1, 0.15) is 31.1 Å². The molecule has 2 rings (SSSR count). The number of hydrogen-bond acceptors (Lipinski definition) is 5. The molecule has 1 aromatic carbocycles. The zero-order valence-corrected chi connectivity index (χ0v) is 11.2. The highest BCUT2D eigenvalue weighted by Gasteiger charge is 2.45. The smallest absolute Gasteiger partial charge is 0.186 e. The van der Waals surface area contributed by atoms with Crippen LogP contribution in [0.25, 0.3) is 0 Å². The Labute approximate surface area is 116 Å². The van der Waals surface area contributed by atoms with Crippen LogP contribution in [0.3, 0.4) is 0 Å². The molecule has 1 aliphatic heterocycles. The van der Waals surface area contributed by atoms with Gasteiger partial charge in [-0.1, -0.05) is 30.3 Å². The van der Waals surface area contributed by atoms with E-state index in [4.69, 9.17) is 14.2 Å². The summed E-state index contributed by atoms with van der Waals surface area (Å²) < 4.78 is 28.6. The zero-order valence-electron chi connectivity index (χ0n) is 11.2. The van der Waals surface area contributed by atoms with E-state index in [1.165, 1.54) is 7.11 Å². The number of ether oxygens (including phenoxy) is 3. The first-order valence-electron chi connectivity index (χ1n) is 6.43. The maximum Gasteiger partial charge on any atom is 0.186 e. The number of aliphatic hydroxyl groups excluding tert-OH is 2. The van der Waals surface area contributed by atoms with Crippen molar-refractivity contribution in [2.75, 3.05) is 13.8 Å². The van der Waals surface area contributed by atoms with E-state index in [-0.39, 0.29) is 6.61 Å². The second-order valence-electron chi connectivity index (χ2n) is 4.68. The van der Waals surface area contributed by atoms with E-state index in [0.29, 0.717) is 0 Å². The van der Waals surface area contributed by atoms with Gasteiger partial charge in [0, 0.05) is 7.11 Å². The molecule has 1 saturated heterocycles. The van der Waals surface area contributed by atoms with Gasteiger partial charge in [-0.05, 0) is 5.56 Å². The second kappa shape index (κ2) is 7.10. The fourth-order valence-corrected chi connectivity index (χ4v) is 2.20. The summed E-state index contributed by atoms with van der Waals surface area (Å²) in [5, 5.41) is 19.8. The van der Waals surface area contributed by atoms with Crippen LogP contribution in [0.4, 0.5) is 4.39 Å². The summed E-state index contributed by atoms with van der Waals surface area (Å²) in [4.78, 5) is 0. The maximum absolute atomic E-state index is 13.0. The first-order valence-corrected chi connectivity index (χ1v) is 6.43. The molecule has 0 bridgehead atoms. The molecule has 112 valence electrons. The van der Waals surface area contributed by atoms with E-state index >= 15 is 0 Å². The highest BCUT2D eigenvalue weighted by atomic mass is 19.1. The number of halogens is 1. The number of benzene rings is 1. The Morgan fingerprint density at radius 2 is 1.90 bits per heavy atom. The van der Waals surface area contributed by atoms with E-state index in [1.807, 2.05) is 30.3 Å². The molecule has 6 heteroatoms. The van der Waals surface area contributed by atoms with Gasteiger partial charge in [0.25, 0.3) is 0 Å². The van der Waals surface area contributed by atoms with Gasteiger partial charge in [0.2, 0.25) is 0 Å². The van der Waals surface area contributed by atoms with E-state index in [9.17, 15) is 14.6 Å². The molecule has 1 heterocycles. The van der Waals surface area contributed by atoms with Crippen molar-refractivity contribution in [3.05, 3.63) is 35.9 Å². The molecule has 1 aliphatic rings. The standard InChI is InChI=1S/C14H19FO5/c1-18-14-12(17)11(16)13(10(7-15)20-14)19-8-9-5-3-2-4-6-9/h2-6,10-14,16-17H,7-8H2,1H3/t10-,11-,12+,13-,14+/m1/s1. The molecule has 0 unspecified atom stereocenters. The van der Waals surface area contributed by atoms with E-state index in [0.717, 1.165) is 5.56 Å². The summed E-state index contributed by atoms with van der Waals surface area (Å²) in [6.45, 7) is -0.629. The Bertz CT molecular complexity index is 400. The SMILES string of the molecule is CO[C@H]1O[C@H](CF)[C@@H](OCc2ccccc2)[C@H](O)[C@@H]1O. The highest BCUT2D eigenvalue weighted by Crippen LogP contribution is 2.25. The second-order valence-corrected chi connectivity index (χ2v) is 4.68. The van der Waals surface area contributed by atoms with Crippen molar-refractivity contribution in [1.82, 2.24) is 0 Å². The van der Waals surface area contributed by atoms with Crippen molar-refractivity contribution in [2.45, 2.75) is 37.3 Å². The average Bonchev–Trinajstić information content (AvgIpc) is 2.49. The van der Waals surface area contributed by atoms with Crippen LogP contribution in [0.5, 0.6) is 0 Å². The molecule has 5 nitrogen and oxygen atoms in total. The van der Waals surface area contributed by atoms with Gasteiger partial charge in [0.15, 0.2) is 6.29 Å². The third kappa shape index (κ3) is 3.34. The summed E-state index contributed by atoms with van der Waals surface area (Å²) in [6, 6.07) is 9.30. The van der Waals surface area contributed by atoms with Crippen LogP contribution in [-0.4, -0.2) is 54.7 Å². The van der Waals surface area contributed by atoms with Crippen LogP contribution in [0.2, 0.25) is 0 Å². The van der Waals surface area contributed by atoms with Crippen molar-refractivity contribution in [2.24, 2.45) is 0 Å². The van der Waals surface area contributed by atoms with Crippen molar-refractivity contribution in [1.29, 1.82) is 0 Å². The Hall–Kier alpha value is -1.05. The quantitative estimate of drug-likeness (QED) is 0.831. The number of aliphatic hydroxyl groups is 2. The monoisotopic (exact) mass is 286 g/mol. The molecule has 1 fully saturated rings. The zero-order chi connectivity index (χ0) is 14.5. The number of rotatable bonds is 5. The molecule has 5 atom stereocenters. The third-order valence-corrected chi connectivity index (χ3v) is 3.31. The largest absolute Gasteiger partial charge is 0.387 e. The molecular formula is C14H19FO5. The number of hydrogen-bond donors (Lipinski definition) is 2. The lowest BCUT2D eigenvalue weighted by atomic mass is 9.99. The first-order chi connectivity index (χ1) is 9.67. The van der Waals surface area contributed by atoms with Crippen LogP contribution in [-0.2, 0) is 20.8 Å². The molecule has 0 amide bonds. The lowest BCUT2D eigenvalue weighted by Gasteiger charge is -2.40. The van der Waals surface area contributed by atoms with Crippen molar-refractivity contribution < 1.29 is 28.8 Å². The normalized spacial score (nSPS) is 34.1. The molecule has 1 aromatic rings. The Morgan fingerprint density at radius 1 is 1.20 bits per heavy atom. The highest BCUT2D eigenvalue weighted by molar-refractivity contribution is 5.13. The van der Waals surface area contributed by atoms with Gasteiger partial charge in [-0.15, -0.1) is 0 Å². The van der Waals surface area contributed by atoms with E-state index in [1.54, 1.807) is 0 Å². The minimum Gasteiger partial charge on any atom is -0.387 e. The minimum absolute atomic E-state index is 0.201. The van der Waals surface area contributed by atoms with Gasteiger partial charge < -0.3 is 24.4 Å². The summed E-state index contributed by atoms with van der Waals surface area (Å²) in [5.74, 6) is 0. The summed E-state index contributed by atoms with van der Waals surface area (Å²) in [7, 11) is 1.32. The van der Waals surface area contributed by atoms with Crippen molar-refractivity contribution in [3.8, 4) is 0 Å². The molecule has 0 spiro atoms. The summed E-state index contributed by atoms with van der Waals surface area (Å²) in [5.41, 5.74) is 0.890. The molecule has 0 aromatic heterocycles. The summed E-state index contributed by atoms with van der Waals surface area (Å²) >= 11 is 0. The van der Waals surface area contributed by atoms with Crippen LogP contribution in [0.1, 0.15) is 5.56 Å². The van der Waals surface area contributed by atoms with Crippen LogP contribution in [0.15, 0.2) is 30.3 Å². The van der Waals surface area contributed by atoms with E-state index < -0.39 is 37.4 Å². The Morgan fingerprint density at radius 3 is 2.50 bits per heavy atom. The minimum atomic E-state index is -1.27. The topological polar surface area (TPSA) is 68.2 Å². The Kier molecular flexibility index (Phi) is 5.45. The molecular weight excluding hydrogens is 267 g/mol. The number of alkyl halides is 1. The molecule has 20 heavy (non-hydrogen) atoms. The van der Waals surface area contributed by atoms with Gasteiger partial charge in [-0.25, -0.2) is 4.39 Å². The summed E-state index contributed by atoms with van der Waals surface area (Å²) in [6.07, 6.45) is -5.51. The predicted molar refractivity (Wildman–Crippen MR) is 68.7 cm³/mol. The van der Waals surface area contributed by atoms with Crippen LogP contribution >= 0.6 is 0 Å². The van der Waals surface area contributed by atoms with E-state index in [2.05, 4.69) is 0 Å². The van der Waals surface area contributed by atoms with Gasteiger partial charge in [-0.2, -0.15) is 0 Å². The number of methoxy groups -OCH3 is 1. The fourth-order valence-electron chi connectivity index (χ4n) is 2.20. The molecule has 2 N–H and O–H groups in total. The lowest BCUT2D eigenvalue weighted by molar-refractivity contribution is -0.300. The predicted octanol–water partition coefficient (Wildman–Crippen LogP) is 0.634. The van der Waals surface area contributed by atoms with Gasteiger partial charge >= 0.3 is 0 Å². The first kappa shape index (κ1) is 15.3. The van der Waals surface area contributed by atoms with Crippen LogP contribution in [0, 0.1) is 0 Å². The van der Waals surface area contributed by atoms with Crippen molar-refractivity contribution >= 4 is 0 Å². The van der Waals surface area contributed by atoms with Crippen molar-refractivity contribution in [3.63, 3.8) is 0 Å². The maximum atomic E-state index is 13.0. The third-order valence-electron chi connectivity index (χ3n) is 3.31. The fraction of sp³-hybridized carbons (Fsp3) is 0.571. The van der Waals surface area contributed by atoms with Crippen LogP contribution < -0.4 is 0 Å². The molecule has 0 aliphatic carbocycles. The average molecular weight is 286 g/mol. The molecule has 0 saturated carbocycles. The molecule has 0 radical (unpaired) electrons. The van der Waals surface area contributed by atoms with Gasteiger partial charge in [-0.3, -0.25) is 0 Å².